The second-order valence-corrected chi connectivity index (χ2v) is 6.20. The Hall–Kier alpha value is -2.14. The number of rotatable bonds is 8. The van der Waals surface area contributed by atoms with E-state index < -0.39 is 0 Å². The molecule has 5 nitrogen and oxygen atoms in total. The molecule has 1 aromatic carbocycles. The number of pyridine rings is 1. The maximum Gasteiger partial charge on any atom is 0.154 e. The van der Waals surface area contributed by atoms with Crippen LogP contribution >= 0.6 is 0 Å². The quantitative estimate of drug-likeness (QED) is 0.484. The van der Waals surface area contributed by atoms with Crippen LogP contribution in [0.3, 0.4) is 0 Å². The Balaban J connectivity index is 0.000000921. The highest BCUT2D eigenvalue weighted by molar-refractivity contribution is 6.06. The van der Waals surface area contributed by atoms with Crippen LogP contribution in [0.4, 0.5) is 5.82 Å². The predicted octanol–water partition coefficient (Wildman–Crippen LogP) is 5.76. The molecule has 0 spiro atoms. The van der Waals surface area contributed by atoms with Crippen molar-refractivity contribution < 1.29 is 0 Å². The number of anilines is 1. The van der Waals surface area contributed by atoms with E-state index in [1.165, 1.54) is 23.1 Å². The molecule has 0 bridgehead atoms. The molecule has 0 aliphatic carbocycles. The first kappa shape index (κ1) is 23.9. The third kappa shape index (κ3) is 5.44. The molecule has 2 heterocycles. The van der Waals surface area contributed by atoms with E-state index in [4.69, 9.17) is 15.7 Å². The molecule has 0 saturated heterocycles. The van der Waals surface area contributed by atoms with Crippen LogP contribution in [0.2, 0.25) is 0 Å². The van der Waals surface area contributed by atoms with Gasteiger partial charge in [-0.2, -0.15) is 0 Å². The van der Waals surface area contributed by atoms with Gasteiger partial charge in [-0.25, -0.2) is 9.97 Å². The molecule has 0 aliphatic heterocycles. The summed E-state index contributed by atoms with van der Waals surface area (Å²) in [6, 6.07) is 8.33. The number of nitrogens with zero attached hydrogens (tertiary/aromatic N) is 3. The molecule has 0 unspecified atom stereocenters. The lowest BCUT2D eigenvalue weighted by atomic mass is 10.1. The van der Waals surface area contributed by atoms with Gasteiger partial charge in [0, 0.05) is 25.4 Å². The fourth-order valence-electron chi connectivity index (χ4n) is 3.24. The van der Waals surface area contributed by atoms with Crippen molar-refractivity contribution >= 4 is 27.8 Å². The Bertz CT molecular complexity index is 823. The topological polar surface area (TPSA) is 68.8 Å². The van der Waals surface area contributed by atoms with Crippen molar-refractivity contribution in [2.75, 3.05) is 18.9 Å². The van der Waals surface area contributed by atoms with Crippen LogP contribution in [-0.4, -0.2) is 28.1 Å². The van der Waals surface area contributed by atoms with Gasteiger partial charge >= 0.3 is 0 Å². The van der Waals surface area contributed by atoms with Crippen molar-refractivity contribution in [3.63, 3.8) is 0 Å². The molecule has 3 aromatic rings. The number of nitrogens with one attached hydrogen (secondary N) is 1. The standard InChI is InChI=1S/C19H27N5.2C2H6/c1-3-4-11-16-23-17-18(24(16)13-8-7-12-20)14-9-5-6-10-15(14)22-19(17)21-2;2*1-2/h5-6,9-10H,3-4,7-8,11-13,20H2,1-2H3,(H,21,22);2*1-2H3. The van der Waals surface area contributed by atoms with Crippen LogP contribution < -0.4 is 11.1 Å². The number of nitrogens with two attached hydrogens (primary N) is 1. The fraction of sp³-hybridized carbons (Fsp3) is 0.565. The average Bonchev–Trinajstić information content (AvgIpc) is 3.13. The van der Waals surface area contributed by atoms with Crippen LogP contribution in [0.15, 0.2) is 24.3 Å². The third-order valence-corrected chi connectivity index (χ3v) is 4.49. The van der Waals surface area contributed by atoms with Crippen LogP contribution in [0.25, 0.3) is 21.9 Å². The zero-order valence-corrected chi connectivity index (χ0v) is 18.7. The Morgan fingerprint density at radius 2 is 1.71 bits per heavy atom. The minimum atomic E-state index is 0.737. The monoisotopic (exact) mass is 385 g/mol. The van der Waals surface area contributed by atoms with Gasteiger partial charge in [-0.3, -0.25) is 0 Å². The van der Waals surface area contributed by atoms with Crippen molar-refractivity contribution in [2.24, 2.45) is 5.73 Å². The van der Waals surface area contributed by atoms with Gasteiger partial charge in [-0.1, -0.05) is 59.2 Å². The maximum absolute atomic E-state index is 5.69. The van der Waals surface area contributed by atoms with Gasteiger partial charge in [0.1, 0.15) is 11.3 Å². The molecule has 3 rings (SSSR count). The highest BCUT2D eigenvalue weighted by Crippen LogP contribution is 2.30. The van der Waals surface area contributed by atoms with Crippen molar-refractivity contribution in [3.8, 4) is 0 Å². The van der Waals surface area contributed by atoms with E-state index in [1.807, 2.05) is 40.8 Å². The number of hydrogen-bond acceptors (Lipinski definition) is 4. The maximum atomic E-state index is 5.69. The minimum Gasteiger partial charge on any atom is -0.371 e. The number of para-hydroxylation sites is 1. The Labute approximate surface area is 170 Å². The summed E-state index contributed by atoms with van der Waals surface area (Å²) < 4.78 is 2.39. The molecule has 5 heteroatoms. The van der Waals surface area contributed by atoms with E-state index in [0.29, 0.717) is 0 Å². The molecule has 156 valence electrons. The van der Waals surface area contributed by atoms with Gasteiger partial charge in [0.25, 0.3) is 0 Å². The number of hydrogen-bond donors (Lipinski definition) is 2. The molecular weight excluding hydrogens is 346 g/mol. The summed E-state index contributed by atoms with van der Waals surface area (Å²) in [7, 11) is 1.91. The molecule has 3 N–H and O–H groups in total. The second kappa shape index (κ2) is 13.1. The van der Waals surface area contributed by atoms with E-state index in [-0.39, 0.29) is 0 Å². The largest absolute Gasteiger partial charge is 0.371 e. The summed E-state index contributed by atoms with van der Waals surface area (Å²) >= 11 is 0. The minimum absolute atomic E-state index is 0.737. The number of aryl methyl sites for hydroxylation is 2. The summed E-state index contributed by atoms with van der Waals surface area (Å²) in [5.74, 6) is 2.03. The van der Waals surface area contributed by atoms with Gasteiger partial charge in [0.05, 0.1) is 11.0 Å². The summed E-state index contributed by atoms with van der Waals surface area (Å²) in [6.07, 6.45) is 5.44. The molecule has 28 heavy (non-hydrogen) atoms. The van der Waals surface area contributed by atoms with Crippen LogP contribution in [-0.2, 0) is 13.0 Å². The number of aromatic nitrogens is 3. The van der Waals surface area contributed by atoms with Gasteiger partial charge in [-0.15, -0.1) is 0 Å². The highest BCUT2D eigenvalue weighted by Gasteiger charge is 2.17. The lowest BCUT2D eigenvalue weighted by molar-refractivity contribution is 0.593. The Kier molecular flexibility index (Phi) is 11.2. The SMILES string of the molecule is CC.CC.CCCCc1nc2c(NC)nc3ccccc3c2n1CCCCN. The van der Waals surface area contributed by atoms with Crippen molar-refractivity contribution in [3.05, 3.63) is 30.1 Å². The second-order valence-electron chi connectivity index (χ2n) is 6.20. The normalized spacial score (nSPS) is 10.2. The predicted molar refractivity (Wildman–Crippen MR) is 124 cm³/mol. The van der Waals surface area contributed by atoms with Crippen LogP contribution in [0.1, 0.15) is 66.1 Å². The average molecular weight is 386 g/mol. The summed E-state index contributed by atoms with van der Waals surface area (Å²) in [5.41, 5.74) is 8.88. The first-order valence-corrected chi connectivity index (χ1v) is 11.0. The molecule has 0 aliphatic rings. The number of fused-ring (bicyclic) bond motifs is 3. The van der Waals surface area contributed by atoms with E-state index in [9.17, 15) is 0 Å². The van der Waals surface area contributed by atoms with E-state index in [2.05, 4.69) is 35.0 Å². The summed E-state index contributed by atoms with van der Waals surface area (Å²) in [5, 5.41) is 4.39. The number of unbranched alkanes of at least 4 members (excludes halogenated alkanes) is 2. The third-order valence-electron chi connectivity index (χ3n) is 4.49. The number of benzene rings is 1. The van der Waals surface area contributed by atoms with Crippen molar-refractivity contribution in [1.29, 1.82) is 0 Å². The summed E-state index contributed by atoms with van der Waals surface area (Å²) in [4.78, 5) is 9.70. The molecule has 0 amide bonds. The van der Waals surface area contributed by atoms with Crippen molar-refractivity contribution in [2.45, 2.75) is 73.3 Å². The van der Waals surface area contributed by atoms with Gasteiger partial charge in [0.15, 0.2) is 5.82 Å². The van der Waals surface area contributed by atoms with E-state index in [0.717, 1.165) is 55.6 Å². The van der Waals surface area contributed by atoms with E-state index in [1.54, 1.807) is 0 Å². The molecule has 2 aromatic heterocycles. The van der Waals surface area contributed by atoms with Gasteiger partial charge in [0.2, 0.25) is 0 Å². The number of imidazole rings is 1. The molecular formula is C23H39N5. The molecule has 0 radical (unpaired) electrons. The Morgan fingerprint density at radius 3 is 2.36 bits per heavy atom. The summed E-state index contributed by atoms with van der Waals surface area (Å²) in [6.45, 7) is 11.9. The Morgan fingerprint density at radius 1 is 1.00 bits per heavy atom. The smallest absolute Gasteiger partial charge is 0.154 e. The fourth-order valence-corrected chi connectivity index (χ4v) is 3.24. The molecule has 0 atom stereocenters. The highest BCUT2D eigenvalue weighted by atomic mass is 15.1. The van der Waals surface area contributed by atoms with E-state index >= 15 is 0 Å². The zero-order chi connectivity index (χ0) is 20.9. The van der Waals surface area contributed by atoms with Crippen molar-refractivity contribution in [1.82, 2.24) is 14.5 Å². The lowest BCUT2D eigenvalue weighted by Crippen LogP contribution is -2.07. The van der Waals surface area contributed by atoms with Crippen LogP contribution in [0, 0.1) is 0 Å². The molecule has 0 fully saturated rings. The van der Waals surface area contributed by atoms with Crippen LogP contribution in [0.5, 0.6) is 0 Å². The zero-order valence-electron chi connectivity index (χ0n) is 18.7. The lowest BCUT2D eigenvalue weighted by Gasteiger charge is -2.11. The first-order valence-electron chi connectivity index (χ1n) is 11.0. The first-order chi connectivity index (χ1) is 13.8. The van der Waals surface area contributed by atoms with Gasteiger partial charge < -0.3 is 15.6 Å². The van der Waals surface area contributed by atoms with Gasteiger partial charge in [-0.05, 0) is 31.9 Å². The molecule has 0 saturated carbocycles.